The number of hydrogen-bond donors (Lipinski definition) is 0. The van der Waals surface area contributed by atoms with Crippen LogP contribution in [0.3, 0.4) is 0 Å². The Morgan fingerprint density at radius 3 is 1.39 bits per heavy atom. The molecule has 0 N–H and O–H groups in total. The Balaban J connectivity index is 0.000000227. The van der Waals surface area contributed by atoms with E-state index in [0.717, 1.165) is 108 Å². The number of sulfone groups is 3. The highest BCUT2D eigenvalue weighted by molar-refractivity contribution is 7.91. The van der Waals surface area contributed by atoms with Gasteiger partial charge in [-0.3, -0.25) is 4.90 Å². The molecular weight excluding hydrogens is 819 g/mol. The molecular formula is C41H55ClF3N3O6S3. The minimum absolute atomic E-state index is 0. The number of nitrogens with zero attached hydrogens (tertiary/aromatic N) is 3. The number of likely N-dealkylation sites (N-methyl/N-ethyl adjacent to an activating group) is 2. The summed E-state index contributed by atoms with van der Waals surface area (Å²) in [7, 11) is -8.54. The van der Waals surface area contributed by atoms with Crippen molar-refractivity contribution in [3.63, 3.8) is 0 Å². The average molecular weight is 875 g/mol. The van der Waals surface area contributed by atoms with Crippen LogP contribution in [0.25, 0.3) is 11.1 Å². The lowest BCUT2D eigenvalue weighted by molar-refractivity contribution is 0.220. The lowest BCUT2D eigenvalue weighted by Gasteiger charge is -2.31. The minimum atomic E-state index is -3.52. The van der Waals surface area contributed by atoms with Crippen LogP contribution in [0.5, 0.6) is 0 Å². The fraction of sp³-hybridized carbons (Fsp3) is 0.463. The standard InChI is InChI=1S/C14H20FNO2S.C14H18FNO2S.C13H16FNO2S.ClH/c2*1-3-16-9-7-11(8-10-16)12-5-4-6-13(14(12)15)19(2,17)18;1-15-8-6-10(7-9-15)11-4-3-5-12(13(11)14)18(2,16)17;/h4-6,11H,3,7-10H2,1-2H3;4-7H,3,8-10H2,1-2H3;3-6H,7-9H2,1-2H3;1H. The van der Waals surface area contributed by atoms with Gasteiger partial charge in [0.1, 0.15) is 32.1 Å². The van der Waals surface area contributed by atoms with Gasteiger partial charge >= 0.3 is 0 Å². The third-order valence-corrected chi connectivity index (χ3v) is 13.8. The van der Waals surface area contributed by atoms with Crippen LogP contribution in [0.15, 0.2) is 81.4 Å². The first-order chi connectivity index (χ1) is 26.3. The molecule has 0 aliphatic carbocycles. The molecule has 1 fully saturated rings. The van der Waals surface area contributed by atoms with Gasteiger partial charge in [0.05, 0.1) is 0 Å². The smallest absolute Gasteiger partial charge is 0.178 e. The summed E-state index contributed by atoms with van der Waals surface area (Å²) in [5, 5.41) is 0. The van der Waals surface area contributed by atoms with Gasteiger partial charge in [-0.1, -0.05) is 62.4 Å². The van der Waals surface area contributed by atoms with E-state index in [9.17, 15) is 38.4 Å². The van der Waals surface area contributed by atoms with Crippen LogP contribution < -0.4 is 0 Å². The Hall–Kier alpha value is -3.05. The molecule has 1 saturated heterocycles. The van der Waals surface area contributed by atoms with Crippen LogP contribution in [-0.2, 0) is 29.5 Å². The topological polar surface area (TPSA) is 112 Å². The first kappa shape index (κ1) is 48.3. The molecule has 3 aliphatic rings. The lowest BCUT2D eigenvalue weighted by atomic mass is 9.89. The zero-order valence-electron chi connectivity index (χ0n) is 33.5. The monoisotopic (exact) mass is 873 g/mol. The molecule has 0 unspecified atom stereocenters. The van der Waals surface area contributed by atoms with Crippen molar-refractivity contribution in [2.45, 2.75) is 60.1 Å². The van der Waals surface area contributed by atoms with Gasteiger partial charge in [0, 0.05) is 56.1 Å². The van der Waals surface area contributed by atoms with E-state index in [1.807, 2.05) is 19.2 Å². The first-order valence-electron chi connectivity index (χ1n) is 18.7. The van der Waals surface area contributed by atoms with Crippen molar-refractivity contribution in [2.75, 3.05) is 78.2 Å². The predicted molar refractivity (Wildman–Crippen MR) is 225 cm³/mol. The van der Waals surface area contributed by atoms with E-state index in [1.165, 1.54) is 18.2 Å². The van der Waals surface area contributed by atoms with Crippen molar-refractivity contribution in [3.05, 3.63) is 101 Å². The molecule has 0 amide bonds. The van der Waals surface area contributed by atoms with Gasteiger partial charge in [-0.15, -0.1) is 12.4 Å². The van der Waals surface area contributed by atoms with Crippen molar-refractivity contribution in [2.24, 2.45) is 0 Å². The van der Waals surface area contributed by atoms with Crippen LogP contribution in [0.1, 0.15) is 62.1 Å². The van der Waals surface area contributed by atoms with E-state index in [1.54, 1.807) is 36.4 Å². The molecule has 3 aromatic carbocycles. The summed E-state index contributed by atoms with van der Waals surface area (Å²) in [5.41, 5.74) is 3.16. The molecule has 16 heteroatoms. The summed E-state index contributed by atoms with van der Waals surface area (Å²) in [6, 6.07) is 13.8. The van der Waals surface area contributed by atoms with Crippen molar-refractivity contribution < 1.29 is 38.4 Å². The Kier molecular flexibility index (Phi) is 17.6. The van der Waals surface area contributed by atoms with Crippen LogP contribution in [0.2, 0.25) is 0 Å². The van der Waals surface area contributed by atoms with E-state index < -0.39 is 47.0 Å². The molecule has 0 atom stereocenters. The van der Waals surface area contributed by atoms with Gasteiger partial charge < -0.3 is 9.80 Å². The molecule has 6 rings (SSSR count). The maximum absolute atomic E-state index is 14.3. The third-order valence-electron chi connectivity index (χ3n) is 10.4. The number of halogens is 4. The zero-order chi connectivity index (χ0) is 41.4. The average Bonchev–Trinajstić information content (AvgIpc) is 3.15. The molecule has 57 heavy (non-hydrogen) atoms. The maximum Gasteiger partial charge on any atom is 0.178 e. The zero-order valence-corrected chi connectivity index (χ0v) is 36.7. The van der Waals surface area contributed by atoms with E-state index in [2.05, 4.69) is 28.5 Å². The fourth-order valence-electron chi connectivity index (χ4n) is 7.04. The Bertz CT molecular complexity index is 2260. The largest absolute Gasteiger partial charge is 0.304 e. The summed E-state index contributed by atoms with van der Waals surface area (Å²) in [4.78, 5) is 6.09. The van der Waals surface area contributed by atoms with Gasteiger partial charge in [0.2, 0.25) is 0 Å². The number of piperidine rings is 1. The second-order valence-corrected chi connectivity index (χ2v) is 20.5. The summed E-state index contributed by atoms with van der Waals surface area (Å²) in [6.07, 6.45) is 10.3. The van der Waals surface area contributed by atoms with Gasteiger partial charge in [0.15, 0.2) is 29.5 Å². The summed E-state index contributed by atoms with van der Waals surface area (Å²) >= 11 is 0. The normalized spacial score (nSPS) is 17.6. The van der Waals surface area contributed by atoms with E-state index in [-0.39, 0.29) is 33.0 Å². The van der Waals surface area contributed by atoms with Gasteiger partial charge in [-0.25, -0.2) is 38.4 Å². The van der Waals surface area contributed by atoms with Crippen molar-refractivity contribution in [1.29, 1.82) is 0 Å². The van der Waals surface area contributed by atoms with Crippen LogP contribution >= 0.6 is 12.4 Å². The van der Waals surface area contributed by atoms with Crippen LogP contribution in [-0.4, -0.2) is 118 Å². The molecule has 0 spiro atoms. The Morgan fingerprint density at radius 2 is 1.00 bits per heavy atom. The Morgan fingerprint density at radius 1 is 0.579 bits per heavy atom. The second-order valence-electron chi connectivity index (χ2n) is 14.5. The summed E-state index contributed by atoms with van der Waals surface area (Å²) < 4.78 is 112. The predicted octanol–water partition coefficient (Wildman–Crippen LogP) is 7.14. The van der Waals surface area contributed by atoms with E-state index in [0.29, 0.717) is 16.7 Å². The van der Waals surface area contributed by atoms with Crippen LogP contribution in [0.4, 0.5) is 13.2 Å². The molecule has 3 aromatic rings. The molecule has 3 heterocycles. The molecule has 0 saturated carbocycles. The van der Waals surface area contributed by atoms with Crippen molar-refractivity contribution >= 4 is 53.1 Å². The number of benzene rings is 3. The lowest BCUT2D eigenvalue weighted by Crippen LogP contribution is -2.32. The maximum atomic E-state index is 14.3. The molecule has 9 nitrogen and oxygen atoms in total. The molecule has 3 aliphatic heterocycles. The minimum Gasteiger partial charge on any atom is -0.304 e. The van der Waals surface area contributed by atoms with E-state index >= 15 is 0 Å². The molecule has 0 bridgehead atoms. The second kappa shape index (κ2) is 20.8. The highest BCUT2D eigenvalue weighted by Gasteiger charge is 2.26. The highest BCUT2D eigenvalue weighted by atomic mass is 35.5. The third kappa shape index (κ3) is 13.0. The van der Waals surface area contributed by atoms with Gasteiger partial charge in [0.25, 0.3) is 0 Å². The molecule has 316 valence electrons. The van der Waals surface area contributed by atoms with E-state index in [4.69, 9.17) is 0 Å². The quantitative estimate of drug-likeness (QED) is 0.233. The molecule has 0 aromatic heterocycles. The SMILES string of the molecule is CCN1CC=C(c2cccc(S(C)(=O)=O)c2F)CC1.CCN1CCC(c2cccc(S(C)(=O)=O)c2F)CC1.CN1CC=C(c2cccc(S(C)(=O)=O)c2F)CC1.Cl. The van der Waals surface area contributed by atoms with Crippen LogP contribution in [0, 0.1) is 17.5 Å². The first-order valence-corrected chi connectivity index (χ1v) is 24.4. The summed E-state index contributed by atoms with van der Waals surface area (Å²) in [6.45, 7) is 11.4. The summed E-state index contributed by atoms with van der Waals surface area (Å²) in [5.74, 6) is -1.68. The van der Waals surface area contributed by atoms with Crippen molar-refractivity contribution in [3.8, 4) is 0 Å². The molecule has 0 radical (unpaired) electrons. The number of likely N-dealkylation sites (tertiary alicyclic amines) is 1. The number of rotatable bonds is 8. The fourth-order valence-corrected chi connectivity index (χ4v) is 9.33. The highest BCUT2D eigenvalue weighted by Crippen LogP contribution is 2.33. The Labute approximate surface area is 343 Å². The number of hydrogen-bond acceptors (Lipinski definition) is 9. The van der Waals surface area contributed by atoms with Gasteiger partial charge in [-0.05, 0) is 99.7 Å². The van der Waals surface area contributed by atoms with Crippen molar-refractivity contribution in [1.82, 2.24) is 14.7 Å². The van der Waals surface area contributed by atoms with Gasteiger partial charge in [-0.2, -0.15) is 0 Å².